The van der Waals surface area contributed by atoms with Crippen molar-refractivity contribution in [3.8, 4) is 0 Å². The Kier molecular flexibility index (Phi) is 4.85. The van der Waals surface area contributed by atoms with Crippen molar-refractivity contribution in [3.05, 3.63) is 35.6 Å². The molecule has 0 N–H and O–H groups in total. The summed E-state index contributed by atoms with van der Waals surface area (Å²) < 4.78 is 13.1. The lowest BCUT2D eigenvalue weighted by molar-refractivity contribution is -0.146. The normalized spacial score (nSPS) is 24.0. The Morgan fingerprint density at radius 2 is 1.76 bits per heavy atom. The van der Waals surface area contributed by atoms with Gasteiger partial charge in [-0.25, -0.2) is 4.39 Å². The summed E-state index contributed by atoms with van der Waals surface area (Å²) in [5, 5.41) is 0. The second-order valence-corrected chi connectivity index (χ2v) is 8.26. The van der Waals surface area contributed by atoms with Gasteiger partial charge in [0.1, 0.15) is 5.82 Å². The number of piperidine rings is 2. The molecule has 0 aromatic heterocycles. The second kappa shape index (κ2) is 6.77. The summed E-state index contributed by atoms with van der Waals surface area (Å²) in [6.07, 6.45) is 2.85. The van der Waals surface area contributed by atoms with Gasteiger partial charge in [-0.3, -0.25) is 9.59 Å². The summed E-state index contributed by atoms with van der Waals surface area (Å²) in [5.74, 6) is 0.162. The van der Waals surface area contributed by atoms with E-state index in [4.69, 9.17) is 0 Å². The molecule has 0 unspecified atom stereocenters. The molecule has 1 aromatic carbocycles. The van der Waals surface area contributed by atoms with Crippen LogP contribution in [0.1, 0.15) is 50.4 Å². The number of halogens is 1. The van der Waals surface area contributed by atoms with Crippen molar-refractivity contribution in [2.45, 2.75) is 46.1 Å². The van der Waals surface area contributed by atoms with Crippen molar-refractivity contribution >= 4 is 11.8 Å². The van der Waals surface area contributed by atoms with Crippen LogP contribution in [0.25, 0.3) is 0 Å². The largest absolute Gasteiger partial charge is 0.339 e. The van der Waals surface area contributed by atoms with Gasteiger partial charge in [-0.1, -0.05) is 20.8 Å². The van der Waals surface area contributed by atoms with E-state index in [2.05, 4.69) is 0 Å². The summed E-state index contributed by atoms with van der Waals surface area (Å²) >= 11 is 0. The predicted molar refractivity (Wildman–Crippen MR) is 94.6 cm³/mol. The van der Waals surface area contributed by atoms with Crippen molar-refractivity contribution in [1.82, 2.24) is 9.80 Å². The molecule has 0 bridgehead atoms. The number of fused-ring (bicyclic) bond motifs is 1. The zero-order valence-electron chi connectivity index (χ0n) is 15.3. The first kappa shape index (κ1) is 17.9. The van der Waals surface area contributed by atoms with Crippen LogP contribution < -0.4 is 0 Å². The number of hydrogen-bond acceptors (Lipinski definition) is 2. The van der Waals surface area contributed by atoms with Crippen LogP contribution in [0.4, 0.5) is 4.39 Å². The van der Waals surface area contributed by atoms with Crippen molar-refractivity contribution in [3.63, 3.8) is 0 Å². The zero-order valence-corrected chi connectivity index (χ0v) is 15.3. The van der Waals surface area contributed by atoms with Crippen LogP contribution in [0.3, 0.4) is 0 Å². The van der Waals surface area contributed by atoms with Crippen molar-refractivity contribution in [2.75, 3.05) is 19.6 Å². The van der Waals surface area contributed by atoms with E-state index in [0.717, 1.165) is 25.8 Å². The fraction of sp³-hybridized carbons (Fsp3) is 0.600. The van der Waals surface area contributed by atoms with Gasteiger partial charge in [-0.05, 0) is 49.4 Å². The Morgan fingerprint density at radius 3 is 2.40 bits per heavy atom. The minimum atomic E-state index is -0.372. The second-order valence-electron chi connectivity index (χ2n) is 8.26. The summed E-state index contributed by atoms with van der Waals surface area (Å²) in [7, 11) is 0. The van der Waals surface area contributed by atoms with Crippen molar-refractivity contribution in [2.24, 2.45) is 11.3 Å². The molecule has 2 heterocycles. The molecule has 0 spiro atoms. The lowest BCUT2D eigenvalue weighted by atomic mass is 9.81. The Bertz CT molecular complexity index is 651. The molecule has 4 nitrogen and oxygen atoms in total. The Hall–Kier alpha value is -1.91. The third kappa shape index (κ3) is 3.70. The SMILES string of the molecule is CC(C)(C)C(=O)N1CCC[C@@H]2CN(C(=O)c3ccc(F)cc3)CC[C@@H]21. The van der Waals surface area contributed by atoms with Crippen LogP contribution in [0, 0.1) is 17.2 Å². The van der Waals surface area contributed by atoms with Gasteiger partial charge in [0.25, 0.3) is 5.91 Å². The molecule has 0 radical (unpaired) electrons. The average molecular weight is 346 g/mol. The van der Waals surface area contributed by atoms with Crippen LogP contribution in [0.15, 0.2) is 24.3 Å². The van der Waals surface area contributed by atoms with Gasteiger partial charge >= 0.3 is 0 Å². The van der Waals surface area contributed by atoms with E-state index in [9.17, 15) is 14.0 Å². The number of carbonyl (C=O) groups is 2. The van der Waals surface area contributed by atoms with E-state index in [1.165, 1.54) is 12.1 Å². The van der Waals surface area contributed by atoms with E-state index in [0.29, 0.717) is 24.6 Å². The highest BCUT2D eigenvalue weighted by Crippen LogP contribution is 2.33. The molecule has 1 aromatic rings. The molecule has 2 atom stereocenters. The minimum Gasteiger partial charge on any atom is -0.339 e. The fourth-order valence-electron chi connectivity index (χ4n) is 4.05. The number of carbonyl (C=O) groups excluding carboxylic acids is 2. The first-order chi connectivity index (χ1) is 11.8. The summed E-state index contributed by atoms with van der Waals surface area (Å²) in [5.41, 5.74) is 0.154. The Labute approximate surface area is 149 Å². The van der Waals surface area contributed by atoms with Crippen molar-refractivity contribution < 1.29 is 14.0 Å². The van der Waals surface area contributed by atoms with Crippen LogP contribution in [-0.4, -0.2) is 47.3 Å². The molecule has 2 aliphatic rings. The van der Waals surface area contributed by atoms with E-state index in [1.54, 1.807) is 12.1 Å². The maximum atomic E-state index is 13.1. The molecule has 25 heavy (non-hydrogen) atoms. The number of hydrogen-bond donors (Lipinski definition) is 0. The summed E-state index contributed by atoms with van der Waals surface area (Å²) in [6.45, 7) is 8.04. The van der Waals surface area contributed by atoms with Gasteiger partial charge in [0.2, 0.25) is 5.91 Å². The number of nitrogens with zero attached hydrogens (tertiary/aromatic N) is 2. The highest BCUT2D eigenvalue weighted by Gasteiger charge is 2.41. The van der Waals surface area contributed by atoms with Gasteiger partial charge in [-0.2, -0.15) is 0 Å². The molecule has 136 valence electrons. The molecular formula is C20H27FN2O2. The minimum absolute atomic E-state index is 0.0438. The van der Waals surface area contributed by atoms with Gasteiger partial charge in [0.15, 0.2) is 0 Å². The van der Waals surface area contributed by atoms with Gasteiger partial charge in [0.05, 0.1) is 0 Å². The lowest BCUT2D eigenvalue weighted by Crippen LogP contribution is -2.58. The fourth-order valence-corrected chi connectivity index (χ4v) is 4.05. The first-order valence-electron chi connectivity index (χ1n) is 9.13. The molecule has 3 rings (SSSR count). The topological polar surface area (TPSA) is 40.6 Å². The number of rotatable bonds is 1. The van der Waals surface area contributed by atoms with Crippen LogP contribution in [0.2, 0.25) is 0 Å². The summed E-state index contributed by atoms with van der Waals surface area (Å²) in [6, 6.07) is 5.96. The average Bonchev–Trinajstić information content (AvgIpc) is 2.59. The highest BCUT2D eigenvalue weighted by atomic mass is 19.1. The summed E-state index contributed by atoms with van der Waals surface area (Å²) in [4.78, 5) is 29.3. The van der Waals surface area contributed by atoms with E-state index < -0.39 is 0 Å². The molecule has 2 saturated heterocycles. The molecule has 2 amide bonds. The van der Waals surface area contributed by atoms with E-state index in [-0.39, 0.29) is 29.1 Å². The Balaban J connectivity index is 1.70. The van der Waals surface area contributed by atoms with E-state index >= 15 is 0 Å². The monoisotopic (exact) mass is 346 g/mol. The maximum Gasteiger partial charge on any atom is 0.253 e. The van der Waals surface area contributed by atoms with E-state index in [1.807, 2.05) is 30.6 Å². The van der Waals surface area contributed by atoms with Crippen LogP contribution in [0.5, 0.6) is 0 Å². The molecule has 0 aliphatic carbocycles. The first-order valence-corrected chi connectivity index (χ1v) is 9.13. The highest BCUT2D eigenvalue weighted by molar-refractivity contribution is 5.94. The number of likely N-dealkylation sites (tertiary alicyclic amines) is 2. The van der Waals surface area contributed by atoms with Crippen LogP contribution in [-0.2, 0) is 4.79 Å². The number of amides is 2. The third-order valence-electron chi connectivity index (χ3n) is 5.35. The third-order valence-corrected chi connectivity index (χ3v) is 5.35. The number of benzene rings is 1. The molecule has 2 aliphatic heterocycles. The standard InChI is InChI=1S/C20H27FN2O2/c1-20(2,3)19(25)23-11-4-5-15-13-22(12-10-17(15)23)18(24)14-6-8-16(21)9-7-14/h6-9,15,17H,4-5,10-13H2,1-3H3/t15-,17+/m1/s1. The Morgan fingerprint density at radius 1 is 1.08 bits per heavy atom. The van der Waals surface area contributed by atoms with Gasteiger partial charge in [-0.15, -0.1) is 0 Å². The quantitative estimate of drug-likeness (QED) is 0.783. The van der Waals surface area contributed by atoms with Gasteiger partial charge in [0, 0.05) is 36.7 Å². The smallest absolute Gasteiger partial charge is 0.253 e. The lowest BCUT2D eigenvalue weighted by Gasteiger charge is -2.48. The zero-order chi connectivity index (χ0) is 18.2. The van der Waals surface area contributed by atoms with Crippen LogP contribution >= 0.6 is 0 Å². The maximum absolute atomic E-state index is 13.1. The molecular weight excluding hydrogens is 319 g/mol. The molecule has 5 heteroatoms. The van der Waals surface area contributed by atoms with Crippen molar-refractivity contribution in [1.29, 1.82) is 0 Å². The molecule has 0 saturated carbocycles. The predicted octanol–water partition coefficient (Wildman–Crippen LogP) is 3.32. The van der Waals surface area contributed by atoms with Gasteiger partial charge < -0.3 is 9.80 Å². The molecule has 2 fully saturated rings.